The van der Waals surface area contributed by atoms with Crippen molar-refractivity contribution in [2.75, 3.05) is 25.0 Å². The van der Waals surface area contributed by atoms with Crippen molar-refractivity contribution < 1.29 is 9.18 Å². The summed E-state index contributed by atoms with van der Waals surface area (Å²) in [6.07, 6.45) is 3.15. The van der Waals surface area contributed by atoms with Crippen LogP contribution in [-0.4, -0.2) is 36.5 Å². The highest BCUT2D eigenvalue weighted by molar-refractivity contribution is 5.92. The van der Waals surface area contributed by atoms with Crippen molar-refractivity contribution in [3.63, 3.8) is 0 Å². The summed E-state index contributed by atoms with van der Waals surface area (Å²) in [5.41, 5.74) is 5.73. The molecule has 1 fully saturated rings. The van der Waals surface area contributed by atoms with Gasteiger partial charge < -0.3 is 11.1 Å². The molecule has 1 aromatic rings. The van der Waals surface area contributed by atoms with Gasteiger partial charge >= 0.3 is 0 Å². The van der Waals surface area contributed by atoms with Crippen LogP contribution in [0.5, 0.6) is 0 Å². The monoisotopic (exact) mass is 265 g/mol. The Labute approximate surface area is 112 Å². The van der Waals surface area contributed by atoms with E-state index in [0.717, 1.165) is 25.8 Å². The van der Waals surface area contributed by atoms with Gasteiger partial charge in [-0.25, -0.2) is 4.39 Å². The molecule has 3 N–H and O–H groups in total. The summed E-state index contributed by atoms with van der Waals surface area (Å²) in [5, 5.41) is 2.61. The van der Waals surface area contributed by atoms with Crippen molar-refractivity contribution in [1.29, 1.82) is 0 Å². The van der Waals surface area contributed by atoms with Gasteiger partial charge in [0.05, 0.1) is 12.2 Å². The first-order chi connectivity index (χ1) is 9.20. The number of carbonyl (C=O) groups excluding carboxylic acids is 1. The molecule has 0 radical (unpaired) electrons. The maximum absolute atomic E-state index is 13.4. The molecule has 0 atom stereocenters. The van der Waals surface area contributed by atoms with Crippen molar-refractivity contribution in [2.24, 2.45) is 5.73 Å². The molecule has 0 aromatic heterocycles. The van der Waals surface area contributed by atoms with E-state index in [2.05, 4.69) is 10.2 Å². The third kappa shape index (κ3) is 4.29. The Kier molecular flexibility index (Phi) is 4.87. The van der Waals surface area contributed by atoms with Gasteiger partial charge in [-0.15, -0.1) is 0 Å². The normalized spacial score (nSPS) is 14.7. The summed E-state index contributed by atoms with van der Waals surface area (Å²) in [6, 6.07) is 6.70. The lowest BCUT2D eigenvalue weighted by atomic mass is 10.3. The third-order valence-electron chi connectivity index (χ3n) is 3.21. The van der Waals surface area contributed by atoms with Gasteiger partial charge in [-0.3, -0.25) is 9.69 Å². The van der Waals surface area contributed by atoms with Gasteiger partial charge in [-0.2, -0.15) is 0 Å². The van der Waals surface area contributed by atoms with Crippen LogP contribution in [0.3, 0.4) is 0 Å². The molecule has 5 heteroatoms. The molecule has 0 saturated heterocycles. The third-order valence-corrected chi connectivity index (χ3v) is 3.21. The number of benzene rings is 1. The molecule has 0 unspecified atom stereocenters. The number of anilines is 1. The number of nitrogens with one attached hydrogen (secondary N) is 1. The zero-order valence-corrected chi connectivity index (χ0v) is 10.9. The lowest BCUT2D eigenvalue weighted by Gasteiger charge is -2.21. The molecular formula is C14H20FN3O. The molecule has 2 rings (SSSR count). The van der Waals surface area contributed by atoms with Crippen LogP contribution in [0.1, 0.15) is 19.3 Å². The Hall–Kier alpha value is -1.46. The predicted molar refractivity (Wildman–Crippen MR) is 73.3 cm³/mol. The average Bonchev–Trinajstić information content (AvgIpc) is 3.21. The average molecular weight is 265 g/mol. The zero-order chi connectivity index (χ0) is 13.7. The van der Waals surface area contributed by atoms with Crippen LogP contribution in [0.4, 0.5) is 10.1 Å². The van der Waals surface area contributed by atoms with E-state index in [-0.39, 0.29) is 11.6 Å². The molecular weight excluding hydrogens is 245 g/mol. The molecule has 0 aliphatic heterocycles. The maximum Gasteiger partial charge on any atom is 0.238 e. The largest absolute Gasteiger partial charge is 0.330 e. The SMILES string of the molecule is NCCCN(CC(=O)Nc1ccccc1F)C1CC1. The Morgan fingerprint density at radius 2 is 2.16 bits per heavy atom. The van der Waals surface area contributed by atoms with Crippen LogP contribution in [-0.2, 0) is 4.79 Å². The van der Waals surface area contributed by atoms with Gasteiger partial charge in [0.15, 0.2) is 0 Å². The second-order valence-electron chi connectivity index (χ2n) is 4.87. The summed E-state index contributed by atoms with van der Waals surface area (Å²) in [6.45, 7) is 1.75. The van der Waals surface area contributed by atoms with E-state index in [1.54, 1.807) is 18.2 Å². The quantitative estimate of drug-likeness (QED) is 0.787. The van der Waals surface area contributed by atoms with E-state index in [0.29, 0.717) is 19.1 Å². The Morgan fingerprint density at radius 1 is 1.42 bits per heavy atom. The van der Waals surface area contributed by atoms with Gasteiger partial charge in [0, 0.05) is 12.6 Å². The smallest absolute Gasteiger partial charge is 0.238 e. The molecule has 1 aliphatic carbocycles. The maximum atomic E-state index is 13.4. The summed E-state index contributed by atoms with van der Waals surface area (Å²) in [5.74, 6) is -0.579. The lowest BCUT2D eigenvalue weighted by Crippen LogP contribution is -2.36. The van der Waals surface area contributed by atoms with Gasteiger partial charge in [0.2, 0.25) is 5.91 Å². The summed E-state index contributed by atoms with van der Waals surface area (Å²) >= 11 is 0. The van der Waals surface area contributed by atoms with E-state index in [4.69, 9.17) is 5.73 Å². The molecule has 0 spiro atoms. The van der Waals surface area contributed by atoms with Crippen molar-refractivity contribution in [3.05, 3.63) is 30.1 Å². The van der Waals surface area contributed by atoms with Crippen molar-refractivity contribution in [3.8, 4) is 0 Å². The Morgan fingerprint density at radius 3 is 2.79 bits per heavy atom. The first kappa shape index (κ1) is 14.0. The van der Waals surface area contributed by atoms with Crippen LogP contribution in [0.25, 0.3) is 0 Å². The number of hydrogen-bond donors (Lipinski definition) is 2. The van der Waals surface area contributed by atoms with E-state index in [9.17, 15) is 9.18 Å². The number of halogens is 1. The summed E-state index contributed by atoms with van der Waals surface area (Å²) < 4.78 is 13.4. The van der Waals surface area contributed by atoms with E-state index < -0.39 is 5.82 Å². The number of nitrogens with two attached hydrogens (primary N) is 1. The lowest BCUT2D eigenvalue weighted by molar-refractivity contribution is -0.117. The topological polar surface area (TPSA) is 58.4 Å². The summed E-state index contributed by atoms with van der Waals surface area (Å²) in [7, 11) is 0. The summed E-state index contributed by atoms with van der Waals surface area (Å²) in [4.78, 5) is 14.0. The number of para-hydroxylation sites is 1. The fourth-order valence-electron chi connectivity index (χ4n) is 2.06. The van der Waals surface area contributed by atoms with Crippen LogP contribution in [0, 0.1) is 5.82 Å². The number of nitrogens with zero attached hydrogens (tertiary/aromatic N) is 1. The fourth-order valence-corrected chi connectivity index (χ4v) is 2.06. The molecule has 0 bridgehead atoms. The van der Waals surface area contributed by atoms with Gasteiger partial charge in [0.1, 0.15) is 5.82 Å². The Bertz CT molecular complexity index is 434. The molecule has 4 nitrogen and oxygen atoms in total. The predicted octanol–water partition coefficient (Wildman–Crippen LogP) is 1.58. The van der Waals surface area contributed by atoms with Crippen LogP contribution in [0.2, 0.25) is 0 Å². The minimum absolute atomic E-state index is 0.172. The van der Waals surface area contributed by atoms with Gasteiger partial charge in [-0.1, -0.05) is 12.1 Å². The Balaban J connectivity index is 1.87. The fraction of sp³-hybridized carbons (Fsp3) is 0.500. The first-order valence-corrected chi connectivity index (χ1v) is 6.69. The van der Waals surface area contributed by atoms with E-state index in [1.807, 2.05) is 0 Å². The zero-order valence-electron chi connectivity index (χ0n) is 10.9. The number of rotatable bonds is 7. The van der Waals surface area contributed by atoms with Crippen molar-refractivity contribution >= 4 is 11.6 Å². The standard InChI is InChI=1S/C14H20FN3O/c15-12-4-1-2-5-13(12)17-14(19)10-18(9-3-8-16)11-6-7-11/h1-2,4-5,11H,3,6-10,16H2,(H,17,19). The molecule has 19 heavy (non-hydrogen) atoms. The second kappa shape index (κ2) is 6.63. The molecule has 104 valence electrons. The first-order valence-electron chi connectivity index (χ1n) is 6.69. The van der Waals surface area contributed by atoms with Crippen LogP contribution < -0.4 is 11.1 Å². The van der Waals surface area contributed by atoms with Gasteiger partial charge in [0.25, 0.3) is 0 Å². The van der Waals surface area contributed by atoms with Crippen LogP contribution >= 0.6 is 0 Å². The van der Waals surface area contributed by atoms with Crippen LogP contribution in [0.15, 0.2) is 24.3 Å². The molecule has 1 aromatic carbocycles. The molecule has 0 heterocycles. The number of carbonyl (C=O) groups is 1. The van der Waals surface area contributed by atoms with Crippen molar-refractivity contribution in [1.82, 2.24) is 4.90 Å². The highest BCUT2D eigenvalue weighted by Gasteiger charge is 2.29. The highest BCUT2D eigenvalue weighted by atomic mass is 19.1. The number of amides is 1. The van der Waals surface area contributed by atoms with E-state index >= 15 is 0 Å². The minimum Gasteiger partial charge on any atom is -0.330 e. The van der Waals surface area contributed by atoms with E-state index in [1.165, 1.54) is 6.07 Å². The minimum atomic E-state index is -0.407. The highest BCUT2D eigenvalue weighted by Crippen LogP contribution is 2.26. The molecule has 1 aliphatic rings. The molecule has 1 amide bonds. The second-order valence-corrected chi connectivity index (χ2v) is 4.87. The van der Waals surface area contributed by atoms with Gasteiger partial charge in [-0.05, 0) is 37.9 Å². The number of hydrogen-bond acceptors (Lipinski definition) is 3. The van der Waals surface area contributed by atoms with Crippen molar-refractivity contribution in [2.45, 2.75) is 25.3 Å². The molecule has 1 saturated carbocycles.